The predicted molar refractivity (Wildman–Crippen MR) is 174 cm³/mol. The Morgan fingerprint density at radius 1 is 0.617 bits per heavy atom. The van der Waals surface area contributed by atoms with Gasteiger partial charge in [0.1, 0.15) is 24.4 Å². The summed E-state index contributed by atoms with van der Waals surface area (Å²) in [6, 6.07) is 21.4. The van der Waals surface area contributed by atoms with Crippen LogP contribution in [0.1, 0.15) is 52.6 Å². The van der Waals surface area contributed by atoms with E-state index in [1.165, 1.54) is 12.1 Å². The summed E-state index contributed by atoms with van der Waals surface area (Å²) in [5.74, 6) is -1.66. The summed E-state index contributed by atoms with van der Waals surface area (Å²) >= 11 is 0. The molecular weight excluding hydrogens is 608 g/mol. The zero-order chi connectivity index (χ0) is 33.9. The van der Waals surface area contributed by atoms with E-state index in [0.717, 1.165) is 11.1 Å². The van der Waals surface area contributed by atoms with Crippen molar-refractivity contribution in [1.29, 1.82) is 0 Å². The first kappa shape index (κ1) is 36.8. The van der Waals surface area contributed by atoms with Crippen LogP contribution in [0.2, 0.25) is 0 Å². The molecule has 3 aromatic carbocycles. The molecule has 0 bridgehead atoms. The Balaban J connectivity index is 1.45. The van der Waals surface area contributed by atoms with Gasteiger partial charge in [0.2, 0.25) is 0 Å². The quantitative estimate of drug-likeness (QED) is 0.145. The lowest BCUT2D eigenvalue weighted by molar-refractivity contribution is 0.0145. The van der Waals surface area contributed by atoms with Gasteiger partial charge in [-0.25, -0.2) is 9.59 Å². The molecule has 2 amide bonds. The number of carbonyl (C=O) groups is 3. The normalized spacial score (nSPS) is 11.0. The van der Waals surface area contributed by atoms with E-state index in [0.29, 0.717) is 39.6 Å². The number of hydrogen-bond donors (Lipinski definition) is 3. The van der Waals surface area contributed by atoms with Gasteiger partial charge < -0.3 is 44.2 Å². The minimum Gasteiger partial charge on any atom is -0.484 e. The Morgan fingerprint density at radius 2 is 1.06 bits per heavy atom. The number of alkyl carbamates (subject to hydrolysis) is 1. The van der Waals surface area contributed by atoms with E-state index in [9.17, 15) is 19.5 Å². The second-order valence-corrected chi connectivity index (χ2v) is 11.2. The molecule has 0 aliphatic heterocycles. The van der Waals surface area contributed by atoms with E-state index >= 15 is 0 Å². The van der Waals surface area contributed by atoms with Gasteiger partial charge in [-0.1, -0.05) is 60.7 Å². The first-order valence-electron chi connectivity index (χ1n) is 15.4. The highest BCUT2D eigenvalue weighted by molar-refractivity contribution is 6.01. The number of carboxylic acids is 1. The highest BCUT2D eigenvalue weighted by Crippen LogP contribution is 2.37. The van der Waals surface area contributed by atoms with E-state index in [-0.39, 0.29) is 49.0 Å². The Morgan fingerprint density at radius 3 is 1.55 bits per heavy atom. The van der Waals surface area contributed by atoms with E-state index in [1.54, 1.807) is 20.8 Å². The van der Waals surface area contributed by atoms with Crippen molar-refractivity contribution in [2.45, 2.75) is 39.6 Å². The molecule has 3 aromatic rings. The average Bonchev–Trinajstić information content (AvgIpc) is 3.04. The third-order valence-corrected chi connectivity index (χ3v) is 6.23. The van der Waals surface area contributed by atoms with Crippen LogP contribution < -0.4 is 20.1 Å². The lowest BCUT2D eigenvalue weighted by atomic mass is 10.1. The van der Waals surface area contributed by atoms with Gasteiger partial charge in [0.05, 0.1) is 45.2 Å². The number of amides is 2. The summed E-state index contributed by atoms with van der Waals surface area (Å²) in [4.78, 5) is 36.9. The number of ether oxygens (including phenoxy) is 6. The maximum Gasteiger partial charge on any atom is 0.407 e. The van der Waals surface area contributed by atoms with Crippen LogP contribution in [0, 0.1) is 0 Å². The van der Waals surface area contributed by atoms with Gasteiger partial charge in [-0.2, -0.15) is 0 Å². The molecule has 12 heteroatoms. The lowest BCUT2D eigenvalue weighted by Gasteiger charge is -2.19. The van der Waals surface area contributed by atoms with Crippen LogP contribution in [0.5, 0.6) is 11.5 Å². The SMILES string of the molecule is CC(C)(C)OC(=O)NCCOCCOCCOCCNC(=O)c1ccc(C(=O)O)c(OCc2ccccc2)c1OCc1ccccc1. The van der Waals surface area contributed by atoms with Crippen molar-refractivity contribution in [1.82, 2.24) is 10.6 Å². The molecule has 0 radical (unpaired) electrons. The summed E-state index contributed by atoms with van der Waals surface area (Å²) in [6.45, 7) is 8.03. The summed E-state index contributed by atoms with van der Waals surface area (Å²) in [7, 11) is 0. The Hall–Kier alpha value is -4.65. The molecule has 0 aliphatic carbocycles. The number of nitrogens with one attached hydrogen (secondary N) is 2. The van der Waals surface area contributed by atoms with E-state index < -0.39 is 23.6 Å². The number of carbonyl (C=O) groups excluding carboxylic acids is 2. The fourth-order valence-corrected chi connectivity index (χ4v) is 4.07. The molecule has 0 atom stereocenters. The maximum absolute atomic E-state index is 13.2. The Bertz CT molecular complexity index is 1390. The van der Waals surface area contributed by atoms with Crippen LogP contribution in [0.4, 0.5) is 4.79 Å². The summed E-state index contributed by atoms with van der Waals surface area (Å²) in [5.41, 5.74) is 1.14. The average molecular weight is 653 g/mol. The van der Waals surface area contributed by atoms with Gasteiger partial charge in [0, 0.05) is 13.1 Å². The molecule has 0 spiro atoms. The highest BCUT2D eigenvalue weighted by atomic mass is 16.6. The number of benzene rings is 3. The Kier molecular flexibility index (Phi) is 15.5. The van der Waals surface area contributed by atoms with Crippen LogP contribution in [0.15, 0.2) is 72.8 Å². The van der Waals surface area contributed by atoms with Crippen molar-refractivity contribution in [3.63, 3.8) is 0 Å². The number of aromatic carboxylic acids is 1. The number of hydrogen-bond acceptors (Lipinski definition) is 9. The molecule has 0 fully saturated rings. The van der Waals surface area contributed by atoms with Crippen molar-refractivity contribution in [2.24, 2.45) is 0 Å². The topological polar surface area (TPSA) is 151 Å². The fourth-order valence-electron chi connectivity index (χ4n) is 4.07. The van der Waals surface area contributed by atoms with Crippen LogP contribution in [0.25, 0.3) is 0 Å². The molecule has 0 aromatic heterocycles. The Labute approximate surface area is 275 Å². The van der Waals surface area contributed by atoms with Crippen molar-refractivity contribution in [3.8, 4) is 11.5 Å². The second kappa shape index (κ2) is 19.8. The standard InChI is InChI=1S/C35H44N2O10/c1-35(2,3)47-34(41)37-17-19-43-21-23-44-22-20-42-18-16-36-32(38)28-14-15-29(33(39)40)31(46-25-27-12-8-5-9-13-27)30(28)45-24-26-10-6-4-7-11-26/h4-15H,16-25H2,1-3H3,(H,36,38)(H,37,41)(H,39,40). The lowest BCUT2D eigenvalue weighted by Crippen LogP contribution is -2.34. The van der Waals surface area contributed by atoms with Crippen molar-refractivity contribution in [2.75, 3.05) is 52.7 Å². The zero-order valence-electron chi connectivity index (χ0n) is 27.1. The van der Waals surface area contributed by atoms with Gasteiger partial charge in [-0.05, 0) is 44.0 Å². The number of carboxylic acid groups (broad SMARTS) is 1. The van der Waals surface area contributed by atoms with E-state index in [2.05, 4.69) is 10.6 Å². The third-order valence-electron chi connectivity index (χ3n) is 6.23. The molecule has 0 saturated heterocycles. The van der Waals surface area contributed by atoms with Crippen molar-refractivity contribution >= 4 is 18.0 Å². The van der Waals surface area contributed by atoms with Gasteiger partial charge in [0.15, 0.2) is 11.5 Å². The van der Waals surface area contributed by atoms with Gasteiger partial charge in [-0.15, -0.1) is 0 Å². The molecule has 3 N–H and O–H groups in total. The summed E-state index contributed by atoms with van der Waals surface area (Å²) in [5, 5.41) is 15.3. The molecule has 12 nitrogen and oxygen atoms in total. The number of rotatable bonds is 20. The molecule has 47 heavy (non-hydrogen) atoms. The van der Waals surface area contributed by atoms with Crippen molar-refractivity contribution < 1.29 is 47.9 Å². The fraction of sp³-hybridized carbons (Fsp3) is 0.400. The van der Waals surface area contributed by atoms with Crippen molar-refractivity contribution in [3.05, 3.63) is 95.1 Å². The van der Waals surface area contributed by atoms with Crippen LogP contribution in [0.3, 0.4) is 0 Å². The minimum atomic E-state index is -1.21. The molecule has 0 saturated carbocycles. The van der Waals surface area contributed by atoms with Gasteiger partial charge >= 0.3 is 12.1 Å². The summed E-state index contributed by atoms with van der Waals surface area (Å²) < 4.78 is 33.6. The molecule has 3 rings (SSSR count). The third kappa shape index (κ3) is 14.1. The van der Waals surface area contributed by atoms with Crippen LogP contribution in [-0.4, -0.2) is 81.4 Å². The monoisotopic (exact) mass is 652 g/mol. The first-order valence-corrected chi connectivity index (χ1v) is 15.4. The second-order valence-electron chi connectivity index (χ2n) is 11.2. The zero-order valence-corrected chi connectivity index (χ0v) is 27.1. The predicted octanol–water partition coefficient (Wildman–Crippen LogP) is 4.85. The smallest absolute Gasteiger partial charge is 0.407 e. The summed E-state index contributed by atoms with van der Waals surface area (Å²) in [6.07, 6.45) is -0.490. The van der Waals surface area contributed by atoms with Gasteiger partial charge in [-0.3, -0.25) is 4.79 Å². The molecule has 0 unspecified atom stereocenters. The minimum absolute atomic E-state index is 0.0263. The molecule has 0 aliphatic rings. The maximum atomic E-state index is 13.2. The largest absolute Gasteiger partial charge is 0.484 e. The van der Waals surface area contributed by atoms with E-state index in [1.807, 2.05) is 60.7 Å². The highest BCUT2D eigenvalue weighted by Gasteiger charge is 2.24. The first-order chi connectivity index (χ1) is 22.6. The molecule has 0 heterocycles. The van der Waals surface area contributed by atoms with Gasteiger partial charge in [0.25, 0.3) is 5.91 Å². The molecular formula is C35H44N2O10. The molecule has 254 valence electrons. The van der Waals surface area contributed by atoms with Crippen LogP contribution in [-0.2, 0) is 32.2 Å². The van der Waals surface area contributed by atoms with E-state index in [4.69, 9.17) is 28.4 Å². The van der Waals surface area contributed by atoms with Crippen LogP contribution >= 0.6 is 0 Å².